The molecular weight excluding hydrogens is 316 g/mol. The molecule has 0 amide bonds. The first-order valence-corrected chi connectivity index (χ1v) is 8.95. The van der Waals surface area contributed by atoms with Crippen LogP contribution in [0.4, 0.5) is 10.7 Å². The maximum Gasteiger partial charge on any atom is 0.350 e. The molecule has 0 radical (unpaired) electrons. The number of carbonyl (C=O) groups excluding carboxylic acids is 1. The minimum absolute atomic E-state index is 0.0183. The first kappa shape index (κ1) is 16.1. The SMILES string of the molecule is CCS(=O)(=O)c1c(N2CCOCC2)sc(C(=O)OC)c1N. The molecule has 21 heavy (non-hydrogen) atoms. The summed E-state index contributed by atoms with van der Waals surface area (Å²) in [5, 5.41) is 0.498. The summed E-state index contributed by atoms with van der Waals surface area (Å²) in [7, 11) is -2.29. The van der Waals surface area contributed by atoms with Crippen molar-refractivity contribution in [3.63, 3.8) is 0 Å². The van der Waals surface area contributed by atoms with Gasteiger partial charge in [0, 0.05) is 13.1 Å². The van der Waals surface area contributed by atoms with E-state index in [1.807, 2.05) is 4.90 Å². The standard InChI is InChI=1S/C12H18N2O5S2/c1-3-21(16,17)10-8(13)9(12(15)18-2)20-11(10)14-4-6-19-7-5-14/h3-7,13H2,1-2H3. The number of thiophene rings is 1. The van der Waals surface area contributed by atoms with Crippen molar-refractivity contribution in [1.82, 2.24) is 0 Å². The van der Waals surface area contributed by atoms with Crippen LogP contribution in [-0.2, 0) is 19.3 Å². The van der Waals surface area contributed by atoms with E-state index in [4.69, 9.17) is 10.5 Å². The Hall–Kier alpha value is -1.32. The van der Waals surface area contributed by atoms with E-state index in [0.717, 1.165) is 11.3 Å². The zero-order valence-electron chi connectivity index (χ0n) is 11.9. The zero-order chi connectivity index (χ0) is 15.6. The van der Waals surface area contributed by atoms with Crippen LogP contribution in [0, 0.1) is 0 Å². The predicted octanol–water partition coefficient (Wildman–Crippen LogP) is 0.747. The first-order valence-electron chi connectivity index (χ1n) is 6.48. The highest BCUT2D eigenvalue weighted by molar-refractivity contribution is 7.92. The minimum Gasteiger partial charge on any atom is -0.465 e. The molecule has 1 saturated heterocycles. The van der Waals surface area contributed by atoms with Gasteiger partial charge >= 0.3 is 5.97 Å². The molecule has 1 aromatic rings. The number of ether oxygens (including phenoxy) is 2. The minimum atomic E-state index is -3.53. The quantitative estimate of drug-likeness (QED) is 0.811. The van der Waals surface area contributed by atoms with Crippen molar-refractivity contribution in [1.29, 1.82) is 0 Å². The van der Waals surface area contributed by atoms with Gasteiger partial charge in [0.1, 0.15) is 14.8 Å². The number of esters is 1. The number of nitrogens with two attached hydrogens (primary N) is 1. The number of nitrogens with zero attached hydrogens (tertiary/aromatic N) is 1. The van der Waals surface area contributed by atoms with Gasteiger partial charge in [-0.3, -0.25) is 0 Å². The summed E-state index contributed by atoms with van der Waals surface area (Å²) in [6, 6.07) is 0. The lowest BCUT2D eigenvalue weighted by Gasteiger charge is -2.28. The molecule has 1 aliphatic heterocycles. The van der Waals surface area contributed by atoms with Gasteiger partial charge in [-0.05, 0) is 0 Å². The molecule has 2 rings (SSSR count). The summed E-state index contributed by atoms with van der Waals surface area (Å²) in [5.41, 5.74) is 5.90. The lowest BCUT2D eigenvalue weighted by atomic mass is 10.3. The van der Waals surface area contributed by atoms with Gasteiger partial charge in [-0.2, -0.15) is 0 Å². The highest BCUT2D eigenvalue weighted by atomic mass is 32.2. The molecule has 1 aromatic heterocycles. The Morgan fingerprint density at radius 1 is 1.43 bits per heavy atom. The largest absolute Gasteiger partial charge is 0.465 e. The van der Waals surface area contributed by atoms with Crippen molar-refractivity contribution in [2.75, 3.05) is 49.8 Å². The Balaban J connectivity index is 2.59. The summed E-state index contributed by atoms with van der Waals surface area (Å²) in [6.45, 7) is 3.70. The maximum atomic E-state index is 12.3. The van der Waals surface area contributed by atoms with E-state index in [9.17, 15) is 13.2 Å². The van der Waals surface area contributed by atoms with Gasteiger partial charge in [0.05, 0.1) is 31.8 Å². The lowest BCUT2D eigenvalue weighted by molar-refractivity contribution is 0.0607. The molecule has 0 unspecified atom stereocenters. The Morgan fingerprint density at radius 2 is 2.05 bits per heavy atom. The third-order valence-corrected chi connectivity index (χ3v) is 6.41. The van der Waals surface area contributed by atoms with Crippen LogP contribution < -0.4 is 10.6 Å². The van der Waals surface area contributed by atoms with Crippen molar-refractivity contribution in [3.05, 3.63) is 4.88 Å². The molecule has 0 saturated carbocycles. The van der Waals surface area contributed by atoms with E-state index in [2.05, 4.69) is 4.74 Å². The Morgan fingerprint density at radius 3 is 2.57 bits per heavy atom. The van der Waals surface area contributed by atoms with Crippen LogP contribution in [0.3, 0.4) is 0 Å². The van der Waals surface area contributed by atoms with Gasteiger partial charge in [0.25, 0.3) is 0 Å². The molecule has 0 spiro atoms. The molecular formula is C12H18N2O5S2. The Kier molecular flexibility index (Phi) is 4.74. The van der Waals surface area contributed by atoms with Gasteiger partial charge in [-0.15, -0.1) is 11.3 Å². The normalized spacial score (nSPS) is 16.0. The lowest BCUT2D eigenvalue weighted by Crippen LogP contribution is -2.36. The number of carbonyl (C=O) groups is 1. The van der Waals surface area contributed by atoms with Crippen LogP contribution in [-0.4, -0.2) is 53.6 Å². The molecule has 0 aromatic carbocycles. The fourth-order valence-electron chi connectivity index (χ4n) is 2.08. The zero-order valence-corrected chi connectivity index (χ0v) is 13.6. The predicted molar refractivity (Wildman–Crippen MR) is 80.8 cm³/mol. The molecule has 2 N–H and O–H groups in total. The highest BCUT2D eigenvalue weighted by Crippen LogP contribution is 2.42. The van der Waals surface area contributed by atoms with E-state index in [1.165, 1.54) is 7.11 Å². The maximum absolute atomic E-state index is 12.3. The second kappa shape index (κ2) is 6.20. The van der Waals surface area contributed by atoms with Crippen molar-refractivity contribution in [3.8, 4) is 0 Å². The number of anilines is 2. The molecule has 9 heteroatoms. The average Bonchev–Trinajstić information content (AvgIpc) is 2.85. The van der Waals surface area contributed by atoms with Crippen LogP contribution in [0.5, 0.6) is 0 Å². The van der Waals surface area contributed by atoms with Crippen molar-refractivity contribution in [2.45, 2.75) is 11.8 Å². The molecule has 0 aliphatic carbocycles. The number of hydrogen-bond donors (Lipinski definition) is 1. The number of rotatable bonds is 4. The number of hydrogen-bond acceptors (Lipinski definition) is 8. The van der Waals surface area contributed by atoms with Gasteiger partial charge in [0.2, 0.25) is 0 Å². The molecule has 7 nitrogen and oxygen atoms in total. The second-order valence-electron chi connectivity index (χ2n) is 4.47. The molecule has 1 aliphatic rings. The molecule has 0 atom stereocenters. The number of morpholine rings is 1. The molecule has 0 bridgehead atoms. The summed E-state index contributed by atoms with van der Waals surface area (Å²) < 4.78 is 34.6. The topological polar surface area (TPSA) is 98.9 Å². The van der Waals surface area contributed by atoms with Gasteiger partial charge < -0.3 is 20.1 Å². The van der Waals surface area contributed by atoms with Crippen LogP contribution >= 0.6 is 11.3 Å². The third kappa shape index (κ3) is 2.99. The first-order chi connectivity index (χ1) is 9.92. The van der Waals surface area contributed by atoms with Gasteiger partial charge in [0.15, 0.2) is 9.84 Å². The average molecular weight is 334 g/mol. The van der Waals surface area contributed by atoms with Crippen LogP contribution in [0.25, 0.3) is 0 Å². The molecule has 118 valence electrons. The summed E-state index contributed by atoms with van der Waals surface area (Å²) >= 11 is 1.06. The van der Waals surface area contributed by atoms with E-state index in [1.54, 1.807) is 6.92 Å². The monoisotopic (exact) mass is 334 g/mol. The van der Waals surface area contributed by atoms with Crippen LogP contribution in [0.15, 0.2) is 4.90 Å². The fraction of sp³-hybridized carbons (Fsp3) is 0.583. The Bertz CT molecular complexity index is 632. The van der Waals surface area contributed by atoms with E-state index < -0.39 is 15.8 Å². The smallest absolute Gasteiger partial charge is 0.350 e. The third-order valence-electron chi connectivity index (χ3n) is 3.24. The number of sulfone groups is 1. The molecule has 1 fully saturated rings. The number of nitrogen functional groups attached to an aromatic ring is 1. The summed E-state index contributed by atoms with van der Waals surface area (Å²) in [5.74, 6) is -0.698. The van der Waals surface area contributed by atoms with E-state index in [0.29, 0.717) is 31.3 Å². The fourth-order valence-corrected chi connectivity index (χ4v) is 4.86. The van der Waals surface area contributed by atoms with E-state index >= 15 is 0 Å². The summed E-state index contributed by atoms with van der Waals surface area (Å²) in [4.78, 5) is 13.8. The highest BCUT2D eigenvalue weighted by Gasteiger charge is 2.32. The van der Waals surface area contributed by atoms with Crippen molar-refractivity contribution < 1.29 is 22.7 Å². The molecule has 2 heterocycles. The van der Waals surface area contributed by atoms with Crippen LogP contribution in [0.1, 0.15) is 16.6 Å². The van der Waals surface area contributed by atoms with Gasteiger partial charge in [-0.25, -0.2) is 13.2 Å². The number of methoxy groups -OCH3 is 1. The Labute approximate surface area is 127 Å². The van der Waals surface area contributed by atoms with Crippen molar-refractivity contribution >= 4 is 37.8 Å². The van der Waals surface area contributed by atoms with Crippen LogP contribution in [0.2, 0.25) is 0 Å². The van der Waals surface area contributed by atoms with Gasteiger partial charge in [-0.1, -0.05) is 6.92 Å². The second-order valence-corrected chi connectivity index (χ2v) is 7.69. The van der Waals surface area contributed by atoms with Crippen molar-refractivity contribution in [2.24, 2.45) is 0 Å². The summed E-state index contributed by atoms with van der Waals surface area (Å²) in [6.07, 6.45) is 0. The van der Waals surface area contributed by atoms with E-state index in [-0.39, 0.29) is 21.2 Å².